The Labute approximate surface area is 154 Å². The van der Waals surface area contributed by atoms with E-state index in [1.807, 2.05) is 0 Å². The molecular formula is C18H26N2O5S. The van der Waals surface area contributed by atoms with Gasteiger partial charge in [-0.15, -0.1) is 0 Å². The van der Waals surface area contributed by atoms with Crippen LogP contribution in [0.5, 0.6) is 0 Å². The second kappa shape index (κ2) is 7.75. The largest absolute Gasteiger partial charge is 0.480 e. The summed E-state index contributed by atoms with van der Waals surface area (Å²) in [5, 5.41) is 12.3. The highest BCUT2D eigenvalue weighted by Crippen LogP contribution is 2.32. The highest BCUT2D eigenvalue weighted by Gasteiger charge is 2.42. The van der Waals surface area contributed by atoms with Crippen molar-refractivity contribution in [1.82, 2.24) is 10.0 Å². The van der Waals surface area contributed by atoms with Crippen molar-refractivity contribution < 1.29 is 23.1 Å². The van der Waals surface area contributed by atoms with E-state index in [-0.39, 0.29) is 16.5 Å². The summed E-state index contributed by atoms with van der Waals surface area (Å²) in [6.45, 7) is 5.50. The zero-order chi connectivity index (χ0) is 19.5. The number of carbonyl (C=O) groups is 2. The van der Waals surface area contributed by atoms with Gasteiger partial charge in [-0.25, -0.2) is 17.9 Å². The summed E-state index contributed by atoms with van der Waals surface area (Å²) in [6.07, 6.45) is 2.26. The van der Waals surface area contributed by atoms with E-state index in [2.05, 4.69) is 17.0 Å². The second-order valence-electron chi connectivity index (χ2n) is 7.32. The summed E-state index contributed by atoms with van der Waals surface area (Å²) >= 11 is 0. The first-order valence-corrected chi connectivity index (χ1v) is 10.2. The quantitative estimate of drug-likeness (QED) is 0.698. The molecule has 8 heteroatoms. The number of benzene rings is 1. The summed E-state index contributed by atoms with van der Waals surface area (Å²) in [6, 6.07) is 5.23. The number of amides is 1. The molecule has 1 aliphatic carbocycles. The fourth-order valence-corrected chi connectivity index (χ4v) is 4.35. The van der Waals surface area contributed by atoms with Crippen LogP contribution in [0.25, 0.3) is 0 Å². The van der Waals surface area contributed by atoms with Gasteiger partial charge in [-0.3, -0.25) is 4.79 Å². The number of carboxylic acid groups (broad SMARTS) is 1. The Kier molecular flexibility index (Phi) is 6.08. The van der Waals surface area contributed by atoms with Gasteiger partial charge in [-0.1, -0.05) is 6.92 Å². The summed E-state index contributed by atoms with van der Waals surface area (Å²) in [4.78, 5) is 24.3. The van der Waals surface area contributed by atoms with E-state index in [1.54, 1.807) is 13.8 Å². The van der Waals surface area contributed by atoms with Gasteiger partial charge < -0.3 is 10.4 Å². The number of hydrogen-bond acceptors (Lipinski definition) is 4. The standard InChI is InChI=1S/C18H26N2O5S/c1-12(2)20-26(24,25)15-6-4-14(5-7-15)16(21)19-18(17(22)23)10-8-13(3)9-11-18/h4-7,12-13,20H,8-11H2,1-3H3,(H,19,21)(H,22,23). The predicted molar refractivity (Wildman–Crippen MR) is 97.4 cm³/mol. The number of nitrogens with one attached hydrogen (secondary N) is 2. The normalized spacial score (nSPS) is 23.6. The minimum Gasteiger partial charge on any atom is -0.480 e. The first-order valence-electron chi connectivity index (χ1n) is 8.74. The lowest BCUT2D eigenvalue weighted by Gasteiger charge is -2.36. The smallest absolute Gasteiger partial charge is 0.329 e. The zero-order valence-electron chi connectivity index (χ0n) is 15.3. The molecule has 0 saturated heterocycles. The van der Waals surface area contributed by atoms with Crippen molar-refractivity contribution in [2.45, 2.75) is 62.9 Å². The van der Waals surface area contributed by atoms with Crippen LogP contribution in [0.4, 0.5) is 0 Å². The van der Waals surface area contributed by atoms with Crippen LogP contribution in [0.1, 0.15) is 56.8 Å². The van der Waals surface area contributed by atoms with E-state index < -0.39 is 27.4 Å². The van der Waals surface area contributed by atoms with Crippen molar-refractivity contribution in [3.63, 3.8) is 0 Å². The molecule has 0 bridgehead atoms. The van der Waals surface area contributed by atoms with Gasteiger partial charge in [-0.05, 0) is 69.7 Å². The Hall–Kier alpha value is -1.93. The molecule has 2 rings (SSSR count). The molecule has 0 spiro atoms. The van der Waals surface area contributed by atoms with Gasteiger partial charge >= 0.3 is 5.97 Å². The molecule has 0 aliphatic heterocycles. The summed E-state index contributed by atoms with van der Waals surface area (Å²) in [7, 11) is -3.64. The molecular weight excluding hydrogens is 356 g/mol. The topological polar surface area (TPSA) is 113 Å². The number of carboxylic acids is 1. The maximum absolute atomic E-state index is 12.5. The van der Waals surface area contributed by atoms with Crippen LogP contribution >= 0.6 is 0 Å². The number of rotatable bonds is 6. The van der Waals surface area contributed by atoms with E-state index in [0.717, 1.165) is 12.8 Å². The van der Waals surface area contributed by atoms with Gasteiger partial charge in [0.05, 0.1) is 4.90 Å². The zero-order valence-corrected chi connectivity index (χ0v) is 16.1. The van der Waals surface area contributed by atoms with Crippen molar-refractivity contribution in [1.29, 1.82) is 0 Å². The minimum absolute atomic E-state index is 0.0576. The van der Waals surface area contributed by atoms with Crippen LogP contribution < -0.4 is 10.0 Å². The molecule has 1 fully saturated rings. The van der Waals surface area contributed by atoms with E-state index in [9.17, 15) is 23.1 Å². The molecule has 1 aliphatic rings. The second-order valence-corrected chi connectivity index (χ2v) is 9.04. The first-order chi connectivity index (χ1) is 12.1. The molecule has 144 valence electrons. The highest BCUT2D eigenvalue weighted by atomic mass is 32.2. The molecule has 1 amide bonds. The van der Waals surface area contributed by atoms with E-state index in [1.165, 1.54) is 24.3 Å². The van der Waals surface area contributed by atoms with Crippen LogP contribution in [0.15, 0.2) is 29.2 Å². The lowest BCUT2D eigenvalue weighted by Crippen LogP contribution is -2.56. The van der Waals surface area contributed by atoms with Gasteiger partial charge in [0.2, 0.25) is 10.0 Å². The van der Waals surface area contributed by atoms with E-state index in [0.29, 0.717) is 18.8 Å². The average molecular weight is 382 g/mol. The first kappa shape index (κ1) is 20.4. The lowest BCUT2D eigenvalue weighted by atomic mass is 9.77. The van der Waals surface area contributed by atoms with Gasteiger partial charge in [0.15, 0.2) is 0 Å². The van der Waals surface area contributed by atoms with Crippen LogP contribution in [-0.4, -0.2) is 37.0 Å². The maximum Gasteiger partial charge on any atom is 0.329 e. The monoisotopic (exact) mass is 382 g/mol. The highest BCUT2D eigenvalue weighted by molar-refractivity contribution is 7.89. The van der Waals surface area contributed by atoms with Gasteiger partial charge in [0.25, 0.3) is 5.91 Å². The SMILES string of the molecule is CC1CCC(NC(=O)c2ccc(S(=O)(=O)NC(C)C)cc2)(C(=O)O)CC1. The minimum atomic E-state index is -3.64. The van der Waals surface area contributed by atoms with Crippen LogP contribution in [0, 0.1) is 5.92 Å². The Morgan fingerprint density at radius 1 is 1.15 bits per heavy atom. The van der Waals surface area contributed by atoms with E-state index in [4.69, 9.17) is 0 Å². The molecule has 1 aromatic carbocycles. The lowest BCUT2D eigenvalue weighted by molar-refractivity contribution is -0.146. The third kappa shape index (κ3) is 4.62. The molecule has 0 aromatic heterocycles. The Balaban J connectivity index is 2.16. The van der Waals surface area contributed by atoms with Crippen LogP contribution in [0.3, 0.4) is 0 Å². The van der Waals surface area contributed by atoms with Gasteiger partial charge in [0.1, 0.15) is 5.54 Å². The van der Waals surface area contributed by atoms with Crippen molar-refractivity contribution >= 4 is 21.9 Å². The fraction of sp³-hybridized carbons (Fsp3) is 0.556. The summed E-state index contributed by atoms with van der Waals surface area (Å²) < 4.78 is 26.7. The van der Waals surface area contributed by atoms with Gasteiger partial charge in [-0.2, -0.15) is 0 Å². The molecule has 1 saturated carbocycles. The van der Waals surface area contributed by atoms with Crippen LogP contribution in [-0.2, 0) is 14.8 Å². The van der Waals surface area contributed by atoms with E-state index >= 15 is 0 Å². The third-order valence-electron chi connectivity index (χ3n) is 4.71. The number of aliphatic carboxylic acids is 1. The van der Waals surface area contributed by atoms with Crippen molar-refractivity contribution in [2.75, 3.05) is 0 Å². The van der Waals surface area contributed by atoms with Crippen molar-refractivity contribution in [2.24, 2.45) is 5.92 Å². The maximum atomic E-state index is 12.5. The average Bonchev–Trinajstić information content (AvgIpc) is 2.56. The predicted octanol–water partition coefficient (Wildman–Crippen LogP) is 2.14. The molecule has 0 heterocycles. The van der Waals surface area contributed by atoms with Crippen molar-refractivity contribution in [3.05, 3.63) is 29.8 Å². The molecule has 0 unspecified atom stereocenters. The van der Waals surface area contributed by atoms with Gasteiger partial charge in [0, 0.05) is 11.6 Å². The summed E-state index contributed by atoms with van der Waals surface area (Å²) in [5.41, 5.74) is -1.03. The number of sulfonamides is 1. The molecule has 1 aromatic rings. The summed E-state index contributed by atoms with van der Waals surface area (Å²) in [5.74, 6) is -1.10. The van der Waals surface area contributed by atoms with Crippen LogP contribution in [0.2, 0.25) is 0 Å². The van der Waals surface area contributed by atoms with Crippen molar-refractivity contribution in [3.8, 4) is 0 Å². The molecule has 26 heavy (non-hydrogen) atoms. The molecule has 0 atom stereocenters. The third-order valence-corrected chi connectivity index (χ3v) is 6.38. The Morgan fingerprint density at radius 2 is 1.69 bits per heavy atom. The molecule has 3 N–H and O–H groups in total. The Bertz CT molecular complexity index is 763. The Morgan fingerprint density at radius 3 is 2.15 bits per heavy atom. The molecule has 0 radical (unpaired) electrons. The number of carbonyl (C=O) groups excluding carboxylic acids is 1. The molecule has 7 nitrogen and oxygen atoms in total. The fourth-order valence-electron chi connectivity index (χ4n) is 3.10. The number of hydrogen-bond donors (Lipinski definition) is 3.